The molecule has 0 heterocycles. The first-order valence-electron chi connectivity index (χ1n) is 9.01. The average Bonchev–Trinajstić information content (AvgIpc) is 2.73. The second-order valence-electron chi connectivity index (χ2n) is 5.35. The van der Waals surface area contributed by atoms with Crippen molar-refractivity contribution < 1.29 is 38.5 Å². The van der Waals surface area contributed by atoms with Gasteiger partial charge in [0.25, 0.3) is 0 Å². The highest BCUT2D eigenvalue weighted by molar-refractivity contribution is 9.09. The van der Waals surface area contributed by atoms with Crippen LogP contribution in [-0.2, 0) is 33.4 Å². The van der Waals surface area contributed by atoms with Gasteiger partial charge >= 0.3 is 23.9 Å². The van der Waals surface area contributed by atoms with Gasteiger partial charge in [-0.05, 0) is 33.5 Å². The van der Waals surface area contributed by atoms with E-state index >= 15 is 0 Å². The Balaban J connectivity index is -0.0000000997. The van der Waals surface area contributed by atoms with Crippen molar-refractivity contribution in [2.75, 3.05) is 45.8 Å². The van der Waals surface area contributed by atoms with Crippen LogP contribution in [0.25, 0.3) is 0 Å². The number of hydrogen-bond donors (Lipinski definition) is 1. The third-order valence-electron chi connectivity index (χ3n) is 2.94. The van der Waals surface area contributed by atoms with Gasteiger partial charge in [-0.1, -0.05) is 57.3 Å². The van der Waals surface area contributed by atoms with E-state index in [9.17, 15) is 19.2 Å². The van der Waals surface area contributed by atoms with Crippen LogP contribution in [0.5, 0.6) is 0 Å². The van der Waals surface area contributed by atoms with E-state index in [1.807, 2.05) is 0 Å². The van der Waals surface area contributed by atoms with Crippen molar-refractivity contribution in [3.63, 3.8) is 0 Å². The lowest BCUT2D eigenvalue weighted by Crippen LogP contribution is -2.21. The standard InChI is InChI=1S/C7H10O4.C6H15N.C4H6O2.C3H5BrO2.CH4/c1-5(2)7(9)11-4-6(8)10-3;1-4-7(5-2)6-3;1-3(2)4(5)6;1-6-3(5)2-4;/h1,4H2,2-3H3;4-6H2,1-3H3;1H2,2H3,(H,5,6);2H2,1H3;1H4. The molecule has 0 amide bonds. The molecule has 0 aliphatic heterocycles. The second-order valence-corrected chi connectivity index (χ2v) is 5.91. The lowest BCUT2D eigenvalue weighted by molar-refractivity contribution is -0.154. The van der Waals surface area contributed by atoms with Gasteiger partial charge in [0, 0.05) is 11.1 Å². The summed E-state index contributed by atoms with van der Waals surface area (Å²) in [6.07, 6.45) is 0. The van der Waals surface area contributed by atoms with Crippen LogP contribution in [0.3, 0.4) is 0 Å². The number of hydrogen-bond acceptors (Lipinski definition) is 8. The fraction of sp³-hybridized carbons (Fsp3) is 0.619. The number of methoxy groups -OCH3 is 2. The summed E-state index contributed by atoms with van der Waals surface area (Å²) in [5.41, 5.74) is 0.434. The first-order chi connectivity index (χ1) is 13.9. The van der Waals surface area contributed by atoms with Crippen molar-refractivity contribution in [3.8, 4) is 0 Å². The SMILES string of the molecule is C.C=C(C)C(=O)O.C=C(C)C(=O)OCC(=O)OC.CCN(CC)CC.COC(=O)CBr. The van der Waals surface area contributed by atoms with Crippen LogP contribution in [0, 0.1) is 0 Å². The van der Waals surface area contributed by atoms with Gasteiger partial charge in [0.1, 0.15) is 5.33 Å². The molecule has 184 valence electrons. The maximum Gasteiger partial charge on any atom is 0.344 e. The molecule has 0 rings (SSSR count). The number of aliphatic carboxylic acids is 1. The molecule has 0 radical (unpaired) electrons. The molecule has 1 N–H and O–H groups in total. The summed E-state index contributed by atoms with van der Waals surface area (Å²) in [7, 11) is 2.57. The van der Waals surface area contributed by atoms with Gasteiger partial charge in [-0.15, -0.1) is 0 Å². The molecule has 10 heteroatoms. The molecule has 31 heavy (non-hydrogen) atoms. The molecule has 0 saturated carbocycles. The molecule has 0 atom stereocenters. The zero-order chi connectivity index (χ0) is 24.7. The fourth-order valence-corrected chi connectivity index (χ4v) is 1.26. The molecule has 0 spiro atoms. The third kappa shape index (κ3) is 35.6. The molecule has 0 aliphatic rings. The topological polar surface area (TPSA) is 119 Å². The van der Waals surface area contributed by atoms with Crippen molar-refractivity contribution >= 4 is 39.8 Å². The van der Waals surface area contributed by atoms with Gasteiger partial charge in [-0.3, -0.25) is 4.79 Å². The predicted molar refractivity (Wildman–Crippen MR) is 126 cm³/mol. The van der Waals surface area contributed by atoms with E-state index in [0.29, 0.717) is 0 Å². The molecular formula is C21H40BrNO8. The summed E-state index contributed by atoms with van der Waals surface area (Å²) in [5.74, 6) is -2.35. The fourth-order valence-electron chi connectivity index (χ4n) is 1.03. The van der Waals surface area contributed by atoms with Gasteiger partial charge < -0.3 is 24.2 Å². The summed E-state index contributed by atoms with van der Waals surface area (Å²) in [5, 5.41) is 8.17. The van der Waals surface area contributed by atoms with Crippen LogP contribution in [0.4, 0.5) is 0 Å². The molecular weight excluding hydrogens is 474 g/mol. The quantitative estimate of drug-likeness (QED) is 0.225. The Hall–Kier alpha value is -2.20. The Morgan fingerprint density at radius 3 is 1.35 bits per heavy atom. The van der Waals surface area contributed by atoms with Crippen molar-refractivity contribution in [1.29, 1.82) is 0 Å². The largest absolute Gasteiger partial charge is 0.478 e. The van der Waals surface area contributed by atoms with E-state index in [0.717, 1.165) is 0 Å². The molecule has 0 fully saturated rings. The molecule has 0 aromatic heterocycles. The summed E-state index contributed by atoms with van der Waals surface area (Å²) < 4.78 is 12.9. The normalized spacial score (nSPS) is 8.29. The van der Waals surface area contributed by atoms with Crippen molar-refractivity contribution in [3.05, 3.63) is 24.3 Å². The summed E-state index contributed by atoms with van der Waals surface area (Å²) in [6.45, 7) is 19.2. The summed E-state index contributed by atoms with van der Waals surface area (Å²) >= 11 is 2.90. The number of carboxylic acids is 1. The first kappa shape index (κ1) is 39.3. The van der Waals surface area contributed by atoms with E-state index in [4.69, 9.17) is 5.11 Å². The number of esters is 3. The van der Waals surface area contributed by atoms with E-state index in [1.54, 1.807) is 0 Å². The Bertz CT molecular complexity index is 508. The highest BCUT2D eigenvalue weighted by Crippen LogP contribution is 1.91. The Kier molecular flexibility index (Phi) is 35.2. The number of carbonyl (C=O) groups is 4. The number of carboxylic acid groups (broad SMARTS) is 1. The number of halogens is 1. The van der Waals surface area contributed by atoms with Crippen LogP contribution in [0.15, 0.2) is 24.3 Å². The zero-order valence-corrected chi connectivity index (χ0v) is 20.7. The van der Waals surface area contributed by atoms with E-state index in [2.05, 4.69) is 69.0 Å². The summed E-state index contributed by atoms with van der Waals surface area (Å²) in [4.78, 5) is 42.9. The molecule has 0 aromatic carbocycles. The second kappa shape index (κ2) is 27.8. The van der Waals surface area contributed by atoms with Gasteiger partial charge in [0.2, 0.25) is 0 Å². The van der Waals surface area contributed by atoms with Crippen LogP contribution in [0.2, 0.25) is 0 Å². The monoisotopic (exact) mass is 513 g/mol. The third-order valence-corrected chi connectivity index (χ3v) is 3.40. The minimum Gasteiger partial charge on any atom is -0.478 e. The van der Waals surface area contributed by atoms with Crippen molar-refractivity contribution in [2.24, 2.45) is 0 Å². The van der Waals surface area contributed by atoms with Crippen LogP contribution in [-0.4, -0.2) is 79.7 Å². The molecule has 9 nitrogen and oxygen atoms in total. The van der Waals surface area contributed by atoms with Crippen LogP contribution >= 0.6 is 15.9 Å². The van der Waals surface area contributed by atoms with Gasteiger partial charge in [-0.25, -0.2) is 14.4 Å². The van der Waals surface area contributed by atoms with Crippen LogP contribution < -0.4 is 0 Å². The lowest BCUT2D eigenvalue weighted by atomic mass is 10.4. The van der Waals surface area contributed by atoms with Gasteiger partial charge in [0.15, 0.2) is 6.61 Å². The first-order valence-corrected chi connectivity index (χ1v) is 10.1. The zero-order valence-electron chi connectivity index (χ0n) is 19.1. The molecule has 0 aliphatic carbocycles. The molecule has 0 saturated heterocycles. The highest BCUT2D eigenvalue weighted by Gasteiger charge is 2.06. The lowest BCUT2D eigenvalue weighted by Gasteiger charge is -2.13. The Morgan fingerprint density at radius 1 is 0.871 bits per heavy atom. The van der Waals surface area contributed by atoms with Crippen molar-refractivity contribution in [1.82, 2.24) is 4.90 Å². The van der Waals surface area contributed by atoms with Crippen molar-refractivity contribution in [2.45, 2.75) is 42.0 Å². The smallest absolute Gasteiger partial charge is 0.344 e. The predicted octanol–water partition coefficient (Wildman–Crippen LogP) is 3.46. The molecule has 0 aromatic rings. The van der Waals surface area contributed by atoms with E-state index in [-0.39, 0.29) is 36.5 Å². The molecule has 0 unspecified atom stereocenters. The Labute approximate surface area is 195 Å². The minimum absolute atomic E-state index is 0. The number of carbonyl (C=O) groups excluding carboxylic acids is 3. The number of alkyl halides is 1. The number of rotatable bonds is 8. The summed E-state index contributed by atoms with van der Waals surface area (Å²) in [6, 6.07) is 0. The number of ether oxygens (including phenoxy) is 3. The number of nitrogens with zero attached hydrogens (tertiary/aromatic N) is 1. The maximum absolute atomic E-state index is 10.6. The molecule has 0 bridgehead atoms. The van der Waals surface area contributed by atoms with Gasteiger partial charge in [0.05, 0.1) is 14.2 Å². The van der Waals surface area contributed by atoms with E-state index < -0.39 is 17.9 Å². The van der Waals surface area contributed by atoms with Gasteiger partial charge in [-0.2, -0.15) is 0 Å². The van der Waals surface area contributed by atoms with E-state index in [1.165, 1.54) is 47.7 Å². The van der Waals surface area contributed by atoms with Crippen LogP contribution in [0.1, 0.15) is 42.0 Å². The average molecular weight is 514 g/mol. The maximum atomic E-state index is 10.6. The Morgan fingerprint density at radius 2 is 1.23 bits per heavy atom. The highest BCUT2D eigenvalue weighted by atomic mass is 79.9. The minimum atomic E-state index is -0.935.